The van der Waals surface area contributed by atoms with Crippen molar-refractivity contribution in [3.8, 4) is 10.7 Å². The van der Waals surface area contributed by atoms with Crippen LogP contribution in [0.4, 0.5) is 0 Å². The molecule has 0 saturated carbocycles. The van der Waals surface area contributed by atoms with Crippen LogP contribution in [0.15, 0.2) is 40.2 Å². The lowest BCUT2D eigenvalue weighted by molar-refractivity contribution is -0.127. The molecule has 1 aliphatic rings. The topological polar surface area (TPSA) is 71.3 Å². The molecule has 7 heteroatoms. The molecule has 1 aliphatic heterocycles. The third-order valence-corrected chi connectivity index (χ3v) is 6.78. The quantitative estimate of drug-likeness (QED) is 0.631. The van der Waals surface area contributed by atoms with Gasteiger partial charge in [0.15, 0.2) is 0 Å². The van der Waals surface area contributed by atoms with E-state index in [1.54, 1.807) is 11.3 Å². The molecule has 0 aliphatic carbocycles. The Labute approximate surface area is 181 Å². The van der Waals surface area contributed by atoms with Crippen LogP contribution in [-0.2, 0) is 11.3 Å². The molecule has 0 radical (unpaired) electrons. The lowest BCUT2D eigenvalue weighted by Crippen LogP contribution is -2.41. The van der Waals surface area contributed by atoms with Crippen molar-refractivity contribution in [1.29, 1.82) is 0 Å². The molecule has 158 valence electrons. The standard InChI is InChI=1S/C23H28N4O2S/c1-15-6-7-19(13-16(15)2)17(3)24-23(28)18-8-10-27(11-9-18)14-21-25-22(26-29-21)20-5-4-12-30-20/h4-7,12-13,17-18H,8-11,14H2,1-3H3,(H,24,28). The van der Waals surface area contributed by atoms with Crippen molar-refractivity contribution in [3.05, 3.63) is 58.3 Å². The predicted octanol–water partition coefficient (Wildman–Crippen LogP) is 4.50. The van der Waals surface area contributed by atoms with Crippen LogP contribution in [0.3, 0.4) is 0 Å². The maximum atomic E-state index is 12.8. The number of thiophene rings is 1. The molecule has 1 N–H and O–H groups in total. The number of nitrogens with zero attached hydrogens (tertiary/aromatic N) is 3. The van der Waals surface area contributed by atoms with Gasteiger partial charge in [-0.25, -0.2) is 0 Å². The number of aryl methyl sites for hydroxylation is 2. The van der Waals surface area contributed by atoms with Crippen molar-refractivity contribution in [3.63, 3.8) is 0 Å². The summed E-state index contributed by atoms with van der Waals surface area (Å²) >= 11 is 1.60. The maximum Gasteiger partial charge on any atom is 0.241 e. The summed E-state index contributed by atoms with van der Waals surface area (Å²) in [6, 6.07) is 10.4. The highest BCUT2D eigenvalue weighted by Gasteiger charge is 2.27. The molecule has 6 nitrogen and oxygen atoms in total. The zero-order valence-corrected chi connectivity index (χ0v) is 18.5. The number of hydrogen-bond donors (Lipinski definition) is 1. The van der Waals surface area contributed by atoms with Crippen LogP contribution in [0.25, 0.3) is 10.7 Å². The minimum atomic E-state index is 0.0175. The van der Waals surface area contributed by atoms with Crippen LogP contribution in [-0.4, -0.2) is 34.0 Å². The van der Waals surface area contributed by atoms with E-state index in [0.717, 1.165) is 36.4 Å². The average molecular weight is 425 g/mol. The first kappa shape index (κ1) is 20.8. The summed E-state index contributed by atoms with van der Waals surface area (Å²) in [7, 11) is 0. The van der Waals surface area contributed by atoms with E-state index in [9.17, 15) is 4.79 Å². The van der Waals surface area contributed by atoms with E-state index in [1.807, 2.05) is 17.5 Å². The summed E-state index contributed by atoms with van der Waals surface area (Å²) in [5, 5.41) is 9.27. The van der Waals surface area contributed by atoms with Crippen molar-refractivity contribution < 1.29 is 9.32 Å². The van der Waals surface area contributed by atoms with E-state index in [1.165, 1.54) is 11.1 Å². The van der Waals surface area contributed by atoms with Crippen molar-refractivity contribution >= 4 is 17.2 Å². The van der Waals surface area contributed by atoms with Gasteiger partial charge in [0.25, 0.3) is 0 Å². The second-order valence-electron chi connectivity index (χ2n) is 8.11. The lowest BCUT2D eigenvalue weighted by atomic mass is 9.95. The number of benzene rings is 1. The Morgan fingerprint density at radius 1 is 1.27 bits per heavy atom. The first-order chi connectivity index (χ1) is 14.5. The molecule has 4 rings (SSSR count). The van der Waals surface area contributed by atoms with Gasteiger partial charge in [0.1, 0.15) is 0 Å². The molecular formula is C23H28N4O2S. The molecule has 1 amide bonds. The van der Waals surface area contributed by atoms with Crippen molar-refractivity contribution in [2.24, 2.45) is 5.92 Å². The molecule has 3 heterocycles. The molecular weight excluding hydrogens is 396 g/mol. The molecule has 1 unspecified atom stereocenters. The van der Waals surface area contributed by atoms with Gasteiger partial charge in [-0.2, -0.15) is 4.98 Å². The fourth-order valence-electron chi connectivity index (χ4n) is 3.82. The number of carbonyl (C=O) groups is 1. The number of hydrogen-bond acceptors (Lipinski definition) is 6. The molecule has 1 fully saturated rings. The molecule has 1 atom stereocenters. The lowest BCUT2D eigenvalue weighted by Gasteiger charge is -2.31. The highest BCUT2D eigenvalue weighted by molar-refractivity contribution is 7.13. The maximum absolute atomic E-state index is 12.8. The first-order valence-corrected chi connectivity index (χ1v) is 11.3. The Kier molecular flexibility index (Phi) is 6.29. The van der Waals surface area contributed by atoms with Crippen LogP contribution in [0.1, 0.15) is 48.4 Å². The van der Waals surface area contributed by atoms with E-state index in [0.29, 0.717) is 18.3 Å². The summed E-state index contributed by atoms with van der Waals surface area (Å²) in [6.45, 7) is 8.60. The normalized spacial score (nSPS) is 16.5. The average Bonchev–Trinajstić information content (AvgIpc) is 3.42. The zero-order chi connectivity index (χ0) is 21.1. The van der Waals surface area contributed by atoms with Gasteiger partial charge in [-0.05, 0) is 74.8 Å². The van der Waals surface area contributed by atoms with Gasteiger partial charge in [-0.15, -0.1) is 11.3 Å². The molecule has 2 aromatic heterocycles. The highest BCUT2D eigenvalue weighted by atomic mass is 32.1. The third-order valence-electron chi connectivity index (χ3n) is 5.92. The van der Waals surface area contributed by atoms with Gasteiger partial charge >= 0.3 is 0 Å². The van der Waals surface area contributed by atoms with Crippen LogP contribution in [0.5, 0.6) is 0 Å². The summed E-state index contributed by atoms with van der Waals surface area (Å²) in [5.41, 5.74) is 3.68. The van der Waals surface area contributed by atoms with Gasteiger partial charge in [0.2, 0.25) is 17.6 Å². The SMILES string of the molecule is Cc1ccc(C(C)NC(=O)C2CCN(Cc3nc(-c4cccs4)no3)CC2)cc1C. The van der Waals surface area contributed by atoms with Crippen LogP contribution < -0.4 is 5.32 Å². The number of carbonyl (C=O) groups excluding carboxylic acids is 1. The monoisotopic (exact) mass is 424 g/mol. The van der Waals surface area contributed by atoms with Gasteiger partial charge < -0.3 is 9.84 Å². The van der Waals surface area contributed by atoms with Crippen molar-refractivity contribution in [2.75, 3.05) is 13.1 Å². The van der Waals surface area contributed by atoms with Crippen molar-refractivity contribution in [2.45, 2.75) is 46.2 Å². The fourth-order valence-corrected chi connectivity index (χ4v) is 4.47. The van der Waals surface area contributed by atoms with Crippen LogP contribution >= 0.6 is 11.3 Å². The summed E-state index contributed by atoms with van der Waals surface area (Å²) in [4.78, 5) is 20.6. The number of rotatable bonds is 6. The van der Waals surface area contributed by atoms with E-state index >= 15 is 0 Å². The number of amides is 1. The molecule has 30 heavy (non-hydrogen) atoms. The largest absolute Gasteiger partial charge is 0.349 e. The summed E-state index contributed by atoms with van der Waals surface area (Å²) in [6.07, 6.45) is 1.69. The molecule has 1 saturated heterocycles. The number of aromatic nitrogens is 2. The smallest absolute Gasteiger partial charge is 0.241 e. The Bertz CT molecular complexity index is 991. The van der Waals surface area contributed by atoms with Crippen LogP contribution in [0.2, 0.25) is 0 Å². The minimum absolute atomic E-state index is 0.0175. The third kappa shape index (κ3) is 4.79. The highest BCUT2D eigenvalue weighted by Crippen LogP contribution is 2.24. The zero-order valence-electron chi connectivity index (χ0n) is 17.7. The minimum Gasteiger partial charge on any atom is -0.349 e. The van der Waals surface area contributed by atoms with E-state index < -0.39 is 0 Å². The second kappa shape index (κ2) is 9.10. The van der Waals surface area contributed by atoms with E-state index in [-0.39, 0.29) is 17.9 Å². The summed E-state index contributed by atoms with van der Waals surface area (Å²) in [5.74, 6) is 1.48. The van der Waals surface area contributed by atoms with Gasteiger partial charge in [0.05, 0.1) is 17.5 Å². The van der Waals surface area contributed by atoms with Crippen LogP contribution in [0, 0.1) is 19.8 Å². The summed E-state index contributed by atoms with van der Waals surface area (Å²) < 4.78 is 5.41. The number of nitrogens with one attached hydrogen (secondary N) is 1. The van der Waals surface area contributed by atoms with E-state index in [4.69, 9.17) is 4.52 Å². The molecule has 1 aromatic carbocycles. The molecule has 0 bridgehead atoms. The van der Waals surface area contributed by atoms with Gasteiger partial charge in [0, 0.05) is 5.92 Å². The Morgan fingerprint density at radius 3 is 2.77 bits per heavy atom. The Hall–Kier alpha value is -2.51. The number of likely N-dealkylation sites (tertiary alicyclic amines) is 1. The van der Waals surface area contributed by atoms with Gasteiger partial charge in [-0.1, -0.05) is 29.4 Å². The molecule has 0 spiro atoms. The Morgan fingerprint density at radius 2 is 2.07 bits per heavy atom. The number of piperidine rings is 1. The predicted molar refractivity (Wildman–Crippen MR) is 118 cm³/mol. The first-order valence-electron chi connectivity index (χ1n) is 10.5. The van der Waals surface area contributed by atoms with Gasteiger partial charge in [-0.3, -0.25) is 9.69 Å². The second-order valence-corrected chi connectivity index (χ2v) is 9.06. The fraction of sp³-hybridized carbons (Fsp3) is 0.435. The molecule has 3 aromatic rings. The Balaban J connectivity index is 1.26. The van der Waals surface area contributed by atoms with Crippen molar-refractivity contribution in [1.82, 2.24) is 20.4 Å². The van der Waals surface area contributed by atoms with E-state index in [2.05, 4.69) is 59.3 Å².